The summed E-state index contributed by atoms with van der Waals surface area (Å²) in [6, 6.07) is 0. The van der Waals surface area contributed by atoms with E-state index in [9.17, 15) is 0 Å². The molecule has 3 nitrogen and oxygen atoms in total. The zero-order valence-corrected chi connectivity index (χ0v) is 8.10. The second kappa shape index (κ2) is 3.32. The fourth-order valence-corrected chi connectivity index (χ4v) is 2.01. The van der Waals surface area contributed by atoms with E-state index < -0.39 is 0 Å². The van der Waals surface area contributed by atoms with Gasteiger partial charge >= 0.3 is 0 Å². The highest BCUT2D eigenvalue weighted by Crippen LogP contribution is 2.29. The molecule has 2 rings (SSSR count). The smallest absolute Gasteiger partial charge is 0.107 e. The second-order valence-corrected chi connectivity index (χ2v) is 3.91. The minimum atomic E-state index is 0.502. The van der Waals surface area contributed by atoms with Gasteiger partial charge in [0.15, 0.2) is 0 Å². The third-order valence-electron chi connectivity index (χ3n) is 1.85. The minimum absolute atomic E-state index is 0.502. The third-order valence-corrected chi connectivity index (χ3v) is 2.90. The molecule has 2 aromatic heterocycles. The Morgan fingerprint density at radius 1 is 1.54 bits per heavy atom. The molecule has 0 bridgehead atoms. The maximum absolute atomic E-state index is 5.48. The summed E-state index contributed by atoms with van der Waals surface area (Å²) in [4.78, 5) is 5.30. The molecule has 0 saturated carbocycles. The van der Waals surface area contributed by atoms with Gasteiger partial charge in [0.25, 0.3) is 0 Å². The van der Waals surface area contributed by atoms with Crippen LogP contribution in [-0.4, -0.2) is 4.98 Å². The summed E-state index contributed by atoms with van der Waals surface area (Å²) in [7, 11) is 0. The highest BCUT2D eigenvalue weighted by atomic mass is 32.1. The van der Waals surface area contributed by atoms with Crippen molar-refractivity contribution in [1.82, 2.24) is 4.98 Å². The molecule has 4 heteroatoms. The van der Waals surface area contributed by atoms with Crippen LogP contribution in [0.1, 0.15) is 10.6 Å². The number of hydrogen-bond acceptors (Lipinski definition) is 4. The van der Waals surface area contributed by atoms with Crippen molar-refractivity contribution in [2.24, 2.45) is 5.73 Å². The molecule has 0 aliphatic heterocycles. The summed E-state index contributed by atoms with van der Waals surface area (Å²) >= 11 is 1.61. The number of aryl methyl sites for hydroxylation is 1. The summed E-state index contributed by atoms with van der Waals surface area (Å²) < 4.78 is 5.09. The molecule has 0 aliphatic rings. The van der Waals surface area contributed by atoms with Gasteiger partial charge in [-0.1, -0.05) is 0 Å². The van der Waals surface area contributed by atoms with Crippen molar-refractivity contribution in [3.05, 3.63) is 29.3 Å². The van der Waals surface area contributed by atoms with Crippen LogP contribution in [0.4, 0.5) is 0 Å². The molecule has 68 valence electrons. The van der Waals surface area contributed by atoms with Crippen LogP contribution < -0.4 is 5.73 Å². The van der Waals surface area contributed by atoms with Crippen molar-refractivity contribution in [2.45, 2.75) is 13.5 Å². The Balaban J connectivity index is 2.41. The van der Waals surface area contributed by atoms with Crippen LogP contribution in [0, 0.1) is 6.92 Å². The van der Waals surface area contributed by atoms with Gasteiger partial charge < -0.3 is 10.2 Å². The Hall–Kier alpha value is -1.13. The molecule has 0 aliphatic carbocycles. The average Bonchev–Trinajstić information content (AvgIpc) is 2.71. The van der Waals surface area contributed by atoms with E-state index in [0.717, 1.165) is 21.0 Å². The van der Waals surface area contributed by atoms with Crippen LogP contribution in [0.3, 0.4) is 0 Å². The highest BCUT2D eigenvalue weighted by molar-refractivity contribution is 7.15. The van der Waals surface area contributed by atoms with Gasteiger partial charge in [-0.05, 0) is 12.5 Å². The van der Waals surface area contributed by atoms with Crippen LogP contribution in [0.5, 0.6) is 0 Å². The zero-order chi connectivity index (χ0) is 9.26. The van der Waals surface area contributed by atoms with Crippen LogP contribution in [0.2, 0.25) is 0 Å². The lowest BCUT2D eigenvalue weighted by Crippen LogP contribution is -1.93. The Morgan fingerprint density at radius 2 is 2.38 bits per heavy atom. The van der Waals surface area contributed by atoms with Crippen molar-refractivity contribution >= 4 is 11.3 Å². The number of hydrogen-bond donors (Lipinski definition) is 1. The molecule has 0 aromatic carbocycles. The molecule has 2 aromatic rings. The molecule has 0 atom stereocenters. The first-order chi connectivity index (χ1) is 6.31. The van der Waals surface area contributed by atoms with E-state index in [1.807, 2.05) is 13.1 Å². The Kier molecular flexibility index (Phi) is 2.16. The number of furan rings is 1. The summed E-state index contributed by atoms with van der Waals surface area (Å²) in [5.41, 5.74) is 7.72. The summed E-state index contributed by atoms with van der Waals surface area (Å²) in [5, 5.41) is 0.954. The Morgan fingerprint density at radius 3 is 2.92 bits per heavy atom. The molecule has 0 amide bonds. The Labute approximate surface area is 80.2 Å². The predicted octanol–water partition coefficient (Wildman–Crippen LogP) is 2.17. The standard InChI is InChI=1S/C9H10N2OS/c1-6-4-12-5-7(6)8-3-11-9(2-10)13-8/h3-5H,2,10H2,1H3. The van der Waals surface area contributed by atoms with Crippen LogP contribution in [0.15, 0.2) is 23.1 Å². The van der Waals surface area contributed by atoms with E-state index in [-0.39, 0.29) is 0 Å². The van der Waals surface area contributed by atoms with Gasteiger partial charge in [0.2, 0.25) is 0 Å². The lowest BCUT2D eigenvalue weighted by atomic mass is 10.2. The molecule has 0 radical (unpaired) electrons. The molecule has 0 spiro atoms. The highest BCUT2D eigenvalue weighted by Gasteiger charge is 2.07. The quantitative estimate of drug-likeness (QED) is 0.797. The summed E-state index contributed by atoms with van der Waals surface area (Å²) in [6.07, 6.45) is 5.31. The van der Waals surface area contributed by atoms with Gasteiger partial charge in [-0.3, -0.25) is 0 Å². The van der Waals surface area contributed by atoms with Gasteiger partial charge in [-0.2, -0.15) is 0 Å². The van der Waals surface area contributed by atoms with E-state index in [2.05, 4.69) is 4.98 Å². The summed E-state index contributed by atoms with van der Waals surface area (Å²) in [5.74, 6) is 0. The maximum atomic E-state index is 5.48. The van der Waals surface area contributed by atoms with E-state index >= 15 is 0 Å². The minimum Gasteiger partial charge on any atom is -0.472 e. The van der Waals surface area contributed by atoms with Crippen LogP contribution in [0.25, 0.3) is 10.4 Å². The molecule has 2 N–H and O–H groups in total. The van der Waals surface area contributed by atoms with Gasteiger partial charge in [0.1, 0.15) is 5.01 Å². The largest absolute Gasteiger partial charge is 0.472 e. The number of nitrogens with zero attached hydrogens (tertiary/aromatic N) is 1. The Bertz CT molecular complexity index is 405. The molecular weight excluding hydrogens is 184 g/mol. The lowest BCUT2D eigenvalue weighted by molar-refractivity contribution is 0.566. The van der Waals surface area contributed by atoms with Crippen molar-refractivity contribution in [3.63, 3.8) is 0 Å². The summed E-state index contributed by atoms with van der Waals surface area (Å²) in [6.45, 7) is 2.52. The van der Waals surface area contributed by atoms with Gasteiger partial charge in [0, 0.05) is 18.3 Å². The topological polar surface area (TPSA) is 52.0 Å². The number of thiazole rings is 1. The van der Waals surface area contributed by atoms with E-state index in [1.165, 1.54) is 0 Å². The monoisotopic (exact) mass is 194 g/mol. The fraction of sp³-hybridized carbons (Fsp3) is 0.222. The van der Waals surface area contributed by atoms with E-state index in [4.69, 9.17) is 10.2 Å². The number of nitrogens with two attached hydrogens (primary N) is 1. The molecule has 13 heavy (non-hydrogen) atoms. The van der Waals surface area contributed by atoms with Crippen molar-refractivity contribution < 1.29 is 4.42 Å². The first kappa shape index (κ1) is 8.47. The first-order valence-electron chi connectivity index (χ1n) is 3.99. The second-order valence-electron chi connectivity index (χ2n) is 2.79. The molecule has 0 saturated heterocycles. The van der Waals surface area contributed by atoms with Crippen molar-refractivity contribution in [1.29, 1.82) is 0 Å². The van der Waals surface area contributed by atoms with Gasteiger partial charge in [-0.15, -0.1) is 11.3 Å². The van der Waals surface area contributed by atoms with Crippen molar-refractivity contribution in [3.8, 4) is 10.4 Å². The SMILES string of the molecule is Cc1cocc1-c1cnc(CN)s1. The normalized spacial score (nSPS) is 10.6. The molecular formula is C9H10N2OS. The fourth-order valence-electron chi connectivity index (χ4n) is 1.14. The average molecular weight is 194 g/mol. The van der Waals surface area contributed by atoms with Crippen molar-refractivity contribution in [2.75, 3.05) is 0 Å². The van der Waals surface area contributed by atoms with Gasteiger partial charge in [-0.25, -0.2) is 4.98 Å². The zero-order valence-electron chi connectivity index (χ0n) is 7.28. The predicted molar refractivity (Wildman–Crippen MR) is 52.4 cm³/mol. The molecule has 2 heterocycles. The molecule has 0 unspecified atom stereocenters. The third kappa shape index (κ3) is 1.50. The van der Waals surface area contributed by atoms with Crippen LogP contribution in [-0.2, 0) is 6.54 Å². The maximum Gasteiger partial charge on any atom is 0.107 e. The van der Waals surface area contributed by atoms with Crippen LogP contribution >= 0.6 is 11.3 Å². The number of aromatic nitrogens is 1. The number of rotatable bonds is 2. The van der Waals surface area contributed by atoms with E-state index in [0.29, 0.717) is 6.54 Å². The lowest BCUT2D eigenvalue weighted by Gasteiger charge is -1.89. The van der Waals surface area contributed by atoms with Gasteiger partial charge in [0.05, 0.1) is 17.4 Å². The van der Waals surface area contributed by atoms with E-state index in [1.54, 1.807) is 23.9 Å². The first-order valence-corrected chi connectivity index (χ1v) is 4.81. The molecule has 0 fully saturated rings.